The summed E-state index contributed by atoms with van der Waals surface area (Å²) in [6, 6.07) is 21.5. The molecule has 0 saturated carbocycles. The fourth-order valence-electron chi connectivity index (χ4n) is 3.46. The van der Waals surface area contributed by atoms with Crippen LogP contribution < -0.4 is 14.2 Å². The van der Waals surface area contributed by atoms with Gasteiger partial charge in [0.2, 0.25) is 0 Å². The highest BCUT2D eigenvalue weighted by Gasteiger charge is 2.15. The monoisotopic (exact) mass is 422 g/mol. The van der Waals surface area contributed by atoms with Crippen molar-refractivity contribution in [3.8, 4) is 28.6 Å². The van der Waals surface area contributed by atoms with E-state index in [4.69, 9.17) is 30.8 Å². The maximum absolute atomic E-state index is 6.18. The van der Waals surface area contributed by atoms with Gasteiger partial charge in [-0.15, -0.1) is 0 Å². The second-order valence-corrected chi connectivity index (χ2v) is 7.19. The van der Waals surface area contributed by atoms with Crippen LogP contribution in [-0.4, -0.2) is 30.4 Å². The molecule has 154 valence electrons. The molecule has 6 heteroatoms. The molecule has 3 aromatic carbocycles. The number of hydrogen-bond donors (Lipinski definition) is 0. The highest BCUT2D eigenvalue weighted by Crippen LogP contribution is 2.33. The Balaban J connectivity index is 1.60. The summed E-state index contributed by atoms with van der Waals surface area (Å²) < 4.78 is 18.9. The number of methoxy groups -OCH3 is 2. The maximum atomic E-state index is 6.18. The number of hydrogen-bond acceptors (Lipinski definition) is 4. The first-order chi connectivity index (χ1) is 14.7. The van der Waals surface area contributed by atoms with Gasteiger partial charge < -0.3 is 18.8 Å². The van der Waals surface area contributed by atoms with Gasteiger partial charge in [-0.3, -0.25) is 0 Å². The standard InChI is InChI=1S/C24H23ClN2O3/c1-28-22-13-12-17(16-23(22)29-2)24-26-19-9-4-5-10-20(19)27(24)14-7-15-30-21-11-6-3-8-18(21)25/h3-6,8-13,16H,7,14-15H2,1-2H3. The fourth-order valence-corrected chi connectivity index (χ4v) is 3.65. The van der Waals surface area contributed by atoms with E-state index < -0.39 is 0 Å². The molecule has 1 aromatic heterocycles. The fraction of sp³-hybridized carbons (Fsp3) is 0.208. The summed E-state index contributed by atoms with van der Waals surface area (Å²) >= 11 is 6.18. The smallest absolute Gasteiger partial charge is 0.161 e. The van der Waals surface area contributed by atoms with E-state index >= 15 is 0 Å². The number of halogens is 1. The molecule has 0 amide bonds. The third-order valence-corrected chi connectivity index (χ3v) is 5.23. The Morgan fingerprint density at radius 2 is 1.63 bits per heavy atom. The van der Waals surface area contributed by atoms with Gasteiger partial charge in [0.05, 0.1) is 36.9 Å². The molecule has 0 unspecified atom stereocenters. The quantitative estimate of drug-likeness (QED) is 0.334. The SMILES string of the molecule is COc1ccc(-c2nc3ccccc3n2CCCOc2ccccc2Cl)cc1OC. The largest absolute Gasteiger partial charge is 0.493 e. The minimum Gasteiger partial charge on any atom is -0.493 e. The zero-order valence-electron chi connectivity index (χ0n) is 17.0. The molecule has 0 N–H and O–H groups in total. The van der Waals surface area contributed by atoms with Crippen LogP contribution in [0, 0.1) is 0 Å². The van der Waals surface area contributed by atoms with Gasteiger partial charge in [0.1, 0.15) is 11.6 Å². The predicted molar refractivity (Wildman–Crippen MR) is 120 cm³/mol. The molecule has 0 aliphatic heterocycles. The molecule has 5 nitrogen and oxygen atoms in total. The van der Waals surface area contributed by atoms with E-state index in [2.05, 4.69) is 10.6 Å². The van der Waals surface area contributed by atoms with E-state index in [0.717, 1.165) is 35.4 Å². The van der Waals surface area contributed by atoms with Crippen molar-refractivity contribution in [3.05, 3.63) is 71.8 Å². The number of para-hydroxylation sites is 3. The molecule has 0 spiro atoms. The summed E-state index contributed by atoms with van der Waals surface area (Å²) in [6.07, 6.45) is 0.811. The van der Waals surface area contributed by atoms with Crippen molar-refractivity contribution >= 4 is 22.6 Å². The molecule has 1 heterocycles. The first kappa shape index (κ1) is 20.1. The van der Waals surface area contributed by atoms with Crippen molar-refractivity contribution in [3.63, 3.8) is 0 Å². The van der Waals surface area contributed by atoms with E-state index in [9.17, 15) is 0 Å². The third kappa shape index (κ3) is 4.07. The van der Waals surface area contributed by atoms with Crippen molar-refractivity contribution in [2.45, 2.75) is 13.0 Å². The molecule has 4 rings (SSSR count). The van der Waals surface area contributed by atoms with Crippen LogP contribution in [0.4, 0.5) is 0 Å². The normalized spacial score (nSPS) is 10.9. The molecule has 0 bridgehead atoms. The van der Waals surface area contributed by atoms with Crippen LogP contribution >= 0.6 is 11.6 Å². The van der Waals surface area contributed by atoms with Gasteiger partial charge in [0, 0.05) is 12.1 Å². The molecule has 0 aliphatic rings. The zero-order chi connectivity index (χ0) is 20.9. The van der Waals surface area contributed by atoms with Crippen LogP contribution in [-0.2, 0) is 6.54 Å². The van der Waals surface area contributed by atoms with Gasteiger partial charge in [-0.25, -0.2) is 4.98 Å². The molecular formula is C24H23ClN2O3. The lowest BCUT2D eigenvalue weighted by Gasteiger charge is -2.13. The van der Waals surface area contributed by atoms with E-state index in [1.54, 1.807) is 14.2 Å². The van der Waals surface area contributed by atoms with Crippen molar-refractivity contribution in [1.82, 2.24) is 9.55 Å². The number of fused-ring (bicyclic) bond motifs is 1. The second-order valence-electron chi connectivity index (χ2n) is 6.78. The number of imidazole rings is 1. The second kappa shape index (κ2) is 9.09. The van der Waals surface area contributed by atoms with Gasteiger partial charge in [-0.2, -0.15) is 0 Å². The number of rotatable bonds is 8. The van der Waals surface area contributed by atoms with E-state index in [0.29, 0.717) is 28.9 Å². The van der Waals surface area contributed by atoms with Crippen molar-refractivity contribution in [2.75, 3.05) is 20.8 Å². The minimum atomic E-state index is 0.557. The molecule has 30 heavy (non-hydrogen) atoms. The van der Waals surface area contributed by atoms with Crippen LogP contribution in [0.5, 0.6) is 17.2 Å². The molecule has 0 atom stereocenters. The molecule has 0 saturated heterocycles. The Hall–Kier alpha value is -3.18. The minimum absolute atomic E-state index is 0.557. The lowest BCUT2D eigenvalue weighted by atomic mass is 10.2. The number of aromatic nitrogens is 2. The Labute approximate surface area is 180 Å². The van der Waals surface area contributed by atoms with Gasteiger partial charge in [-0.1, -0.05) is 35.9 Å². The Morgan fingerprint density at radius 3 is 2.43 bits per heavy atom. The molecule has 4 aromatic rings. The number of benzene rings is 3. The lowest BCUT2D eigenvalue weighted by molar-refractivity contribution is 0.303. The summed E-state index contributed by atoms with van der Waals surface area (Å²) in [5.74, 6) is 2.96. The van der Waals surface area contributed by atoms with E-state index in [-0.39, 0.29) is 0 Å². The Morgan fingerprint density at radius 1 is 0.867 bits per heavy atom. The zero-order valence-corrected chi connectivity index (χ0v) is 17.7. The third-order valence-electron chi connectivity index (χ3n) is 4.92. The van der Waals surface area contributed by atoms with Gasteiger partial charge >= 0.3 is 0 Å². The van der Waals surface area contributed by atoms with Gasteiger partial charge in [-0.05, 0) is 48.9 Å². The van der Waals surface area contributed by atoms with Crippen LogP contribution in [0.1, 0.15) is 6.42 Å². The number of aryl methyl sites for hydroxylation is 1. The molecule has 0 radical (unpaired) electrons. The summed E-state index contributed by atoms with van der Waals surface area (Å²) in [5.41, 5.74) is 3.00. The van der Waals surface area contributed by atoms with E-state index in [1.165, 1.54) is 0 Å². The Kier molecular flexibility index (Phi) is 6.10. The number of nitrogens with zero attached hydrogens (tertiary/aromatic N) is 2. The highest BCUT2D eigenvalue weighted by molar-refractivity contribution is 6.32. The molecular weight excluding hydrogens is 400 g/mol. The molecule has 0 fully saturated rings. The summed E-state index contributed by atoms with van der Waals surface area (Å²) in [5, 5.41) is 0.622. The van der Waals surface area contributed by atoms with Gasteiger partial charge in [0.15, 0.2) is 11.5 Å². The number of ether oxygens (including phenoxy) is 3. The average molecular weight is 423 g/mol. The van der Waals surface area contributed by atoms with Crippen molar-refractivity contribution in [2.24, 2.45) is 0 Å². The van der Waals surface area contributed by atoms with Crippen LogP contribution in [0.25, 0.3) is 22.4 Å². The lowest BCUT2D eigenvalue weighted by Crippen LogP contribution is -2.06. The first-order valence-electron chi connectivity index (χ1n) is 9.76. The first-order valence-corrected chi connectivity index (χ1v) is 10.1. The van der Waals surface area contributed by atoms with Gasteiger partial charge in [0.25, 0.3) is 0 Å². The summed E-state index contributed by atoms with van der Waals surface area (Å²) in [6.45, 7) is 1.32. The Bertz CT molecular complexity index is 1160. The van der Waals surface area contributed by atoms with E-state index in [1.807, 2.05) is 60.7 Å². The van der Waals surface area contributed by atoms with Crippen LogP contribution in [0.15, 0.2) is 66.7 Å². The summed E-state index contributed by atoms with van der Waals surface area (Å²) in [4.78, 5) is 4.87. The van der Waals surface area contributed by atoms with Crippen LogP contribution in [0.2, 0.25) is 5.02 Å². The highest BCUT2D eigenvalue weighted by atomic mass is 35.5. The molecule has 0 aliphatic carbocycles. The van der Waals surface area contributed by atoms with Crippen molar-refractivity contribution in [1.29, 1.82) is 0 Å². The van der Waals surface area contributed by atoms with Crippen LogP contribution in [0.3, 0.4) is 0 Å². The average Bonchev–Trinajstić information content (AvgIpc) is 3.16. The summed E-state index contributed by atoms with van der Waals surface area (Å²) in [7, 11) is 3.27. The van der Waals surface area contributed by atoms with Crippen molar-refractivity contribution < 1.29 is 14.2 Å². The topological polar surface area (TPSA) is 45.5 Å². The predicted octanol–water partition coefficient (Wildman–Crippen LogP) is 5.84. The maximum Gasteiger partial charge on any atom is 0.161 e.